The van der Waals surface area contributed by atoms with E-state index in [1.54, 1.807) is 6.08 Å². The van der Waals surface area contributed by atoms with Crippen LogP contribution in [0.25, 0.3) is 0 Å². The summed E-state index contributed by atoms with van der Waals surface area (Å²) >= 11 is 0. The number of amides is 1. The van der Waals surface area contributed by atoms with Gasteiger partial charge in [-0.15, -0.1) is 0 Å². The molecule has 0 saturated carbocycles. The van der Waals surface area contributed by atoms with Gasteiger partial charge >= 0.3 is 0 Å². The quantitative estimate of drug-likeness (QED) is 0.0297. The first kappa shape index (κ1) is 46.2. The van der Waals surface area contributed by atoms with E-state index in [-0.39, 0.29) is 12.5 Å². The fourth-order valence-corrected chi connectivity index (χ4v) is 6.44. The van der Waals surface area contributed by atoms with Crippen molar-refractivity contribution in [2.24, 2.45) is 0 Å². The Kier molecular flexibility index (Phi) is 30.7. The summed E-state index contributed by atoms with van der Waals surface area (Å²) in [7, 11) is 1.25. The third-order valence-corrected chi connectivity index (χ3v) is 9.75. The van der Waals surface area contributed by atoms with Crippen molar-refractivity contribution in [2.45, 2.75) is 187 Å². The first-order valence-electron chi connectivity index (χ1n) is 19.5. The van der Waals surface area contributed by atoms with Gasteiger partial charge in [-0.2, -0.15) is 0 Å². The average molecular weight is 689 g/mol. The lowest BCUT2D eigenvalue weighted by molar-refractivity contribution is -0.870. The van der Waals surface area contributed by atoms with E-state index in [0.717, 1.165) is 19.3 Å². The van der Waals surface area contributed by atoms with Crippen molar-refractivity contribution in [3.05, 3.63) is 12.2 Å². The summed E-state index contributed by atoms with van der Waals surface area (Å²) in [4.78, 5) is 23.7. The predicted octanol–water partition coefficient (Wildman–Crippen LogP) is 9.39. The Bertz CT molecular complexity index is 789. The largest absolute Gasteiger partial charge is 0.756 e. The summed E-state index contributed by atoms with van der Waals surface area (Å²) < 4.78 is 22.5. The van der Waals surface area contributed by atoms with Gasteiger partial charge in [0.05, 0.1) is 39.9 Å². The molecule has 47 heavy (non-hydrogen) atoms. The van der Waals surface area contributed by atoms with E-state index < -0.39 is 26.6 Å². The van der Waals surface area contributed by atoms with Crippen molar-refractivity contribution in [2.75, 3.05) is 40.9 Å². The van der Waals surface area contributed by atoms with Crippen LogP contribution in [0.3, 0.4) is 0 Å². The molecule has 0 aliphatic rings. The SMILES string of the molecule is CCCCCCCCCCCCCCCCCCCCCCCCCC/C=C/C(O)C(COP(=O)([O-])OCC[N+](C)(C)C)NC(C)=O. The van der Waals surface area contributed by atoms with Crippen LogP contribution in [0.15, 0.2) is 12.2 Å². The minimum absolute atomic E-state index is 0.00285. The third-order valence-electron chi connectivity index (χ3n) is 8.78. The number of phosphoric acid groups is 1. The van der Waals surface area contributed by atoms with Gasteiger partial charge in [-0.3, -0.25) is 9.36 Å². The summed E-state index contributed by atoms with van der Waals surface area (Å²) in [5.74, 6) is -0.372. The number of nitrogens with zero attached hydrogens (tertiary/aromatic N) is 1. The van der Waals surface area contributed by atoms with Gasteiger partial charge in [-0.1, -0.05) is 167 Å². The van der Waals surface area contributed by atoms with E-state index in [1.165, 1.54) is 148 Å². The molecular weight excluding hydrogens is 611 g/mol. The van der Waals surface area contributed by atoms with Crippen LogP contribution in [-0.2, 0) is 18.4 Å². The molecule has 0 aromatic rings. The number of hydrogen-bond acceptors (Lipinski definition) is 6. The highest BCUT2D eigenvalue weighted by Gasteiger charge is 2.22. The highest BCUT2D eigenvalue weighted by atomic mass is 31.2. The second-order valence-corrected chi connectivity index (χ2v) is 16.1. The molecular formula is C38H77N2O6P. The Labute approximate surface area is 291 Å². The summed E-state index contributed by atoms with van der Waals surface area (Å²) in [6.07, 6.45) is 36.2. The van der Waals surface area contributed by atoms with Crippen molar-refractivity contribution < 1.29 is 32.9 Å². The van der Waals surface area contributed by atoms with E-state index in [9.17, 15) is 19.4 Å². The fraction of sp³-hybridized carbons (Fsp3) is 0.921. The zero-order valence-corrected chi connectivity index (χ0v) is 32.4. The number of rotatable bonds is 35. The lowest BCUT2D eigenvalue weighted by Gasteiger charge is -2.29. The first-order chi connectivity index (χ1) is 22.5. The second-order valence-electron chi connectivity index (χ2n) is 14.7. The lowest BCUT2D eigenvalue weighted by Crippen LogP contribution is -2.45. The van der Waals surface area contributed by atoms with Gasteiger partial charge in [0.2, 0.25) is 5.91 Å². The van der Waals surface area contributed by atoms with Gasteiger partial charge in [-0.25, -0.2) is 0 Å². The zero-order chi connectivity index (χ0) is 35.1. The van der Waals surface area contributed by atoms with Crippen molar-refractivity contribution in [3.63, 3.8) is 0 Å². The van der Waals surface area contributed by atoms with Crippen LogP contribution in [0.2, 0.25) is 0 Å². The van der Waals surface area contributed by atoms with E-state index in [4.69, 9.17) is 9.05 Å². The van der Waals surface area contributed by atoms with Crippen LogP contribution in [0, 0.1) is 0 Å². The molecule has 0 spiro atoms. The molecule has 0 aliphatic heterocycles. The maximum Gasteiger partial charge on any atom is 0.268 e. The molecule has 0 aromatic heterocycles. The molecule has 0 fully saturated rings. The topological polar surface area (TPSA) is 108 Å². The fourth-order valence-electron chi connectivity index (χ4n) is 5.72. The molecule has 8 nitrogen and oxygen atoms in total. The monoisotopic (exact) mass is 689 g/mol. The maximum absolute atomic E-state index is 12.1. The molecule has 1 amide bonds. The van der Waals surface area contributed by atoms with Crippen molar-refractivity contribution in [1.82, 2.24) is 5.32 Å². The first-order valence-corrected chi connectivity index (χ1v) is 21.0. The van der Waals surface area contributed by atoms with Crippen molar-refractivity contribution >= 4 is 13.7 Å². The summed E-state index contributed by atoms with van der Waals surface area (Å²) in [6, 6.07) is -0.882. The molecule has 3 unspecified atom stereocenters. The summed E-state index contributed by atoms with van der Waals surface area (Å²) in [5, 5.41) is 13.1. The molecule has 0 radical (unpaired) electrons. The summed E-state index contributed by atoms with van der Waals surface area (Å²) in [6.45, 7) is 3.71. The predicted molar refractivity (Wildman–Crippen MR) is 196 cm³/mol. The van der Waals surface area contributed by atoms with Gasteiger partial charge in [0.1, 0.15) is 13.2 Å². The molecule has 3 atom stereocenters. The number of aliphatic hydroxyl groups is 1. The number of hydrogen-bond donors (Lipinski definition) is 2. The number of aliphatic hydroxyl groups excluding tert-OH is 1. The highest BCUT2D eigenvalue weighted by Crippen LogP contribution is 2.38. The van der Waals surface area contributed by atoms with Gasteiger partial charge in [0.15, 0.2) is 0 Å². The van der Waals surface area contributed by atoms with Crippen LogP contribution in [0.1, 0.15) is 174 Å². The van der Waals surface area contributed by atoms with Crippen LogP contribution in [0.4, 0.5) is 0 Å². The summed E-state index contributed by atoms with van der Waals surface area (Å²) in [5.41, 5.74) is 0. The Hall–Kier alpha value is -0.760. The molecule has 0 heterocycles. The molecule has 9 heteroatoms. The van der Waals surface area contributed by atoms with Crippen LogP contribution in [0.5, 0.6) is 0 Å². The Morgan fingerprint density at radius 3 is 1.47 bits per heavy atom. The minimum atomic E-state index is -4.53. The van der Waals surface area contributed by atoms with Gasteiger partial charge in [0, 0.05) is 6.92 Å². The zero-order valence-electron chi connectivity index (χ0n) is 31.5. The van der Waals surface area contributed by atoms with Crippen molar-refractivity contribution in [1.29, 1.82) is 0 Å². The van der Waals surface area contributed by atoms with Crippen LogP contribution in [-0.4, -0.2) is 68.5 Å². The third kappa shape index (κ3) is 34.9. The van der Waals surface area contributed by atoms with Gasteiger partial charge in [0.25, 0.3) is 7.82 Å². The standard InChI is InChI=1S/C38H77N2O6P/c1-6-7-8-9-10-11-12-13-14-15-16-17-18-19-20-21-22-23-24-25-26-27-28-29-30-31-32-38(42)37(39-36(2)41)35-46-47(43,44)45-34-33-40(3,4)5/h31-32,37-38,42H,6-30,33-35H2,1-5H3,(H-,39,41,43,44)/b32-31+. The van der Waals surface area contributed by atoms with Gasteiger partial charge in [-0.05, 0) is 12.8 Å². The Balaban J connectivity index is 3.68. The molecule has 0 saturated heterocycles. The highest BCUT2D eigenvalue weighted by molar-refractivity contribution is 7.45. The average Bonchev–Trinajstić information content (AvgIpc) is 3.00. The number of allylic oxidation sites excluding steroid dienone is 1. The molecule has 280 valence electrons. The smallest absolute Gasteiger partial charge is 0.268 e. The molecule has 0 aromatic carbocycles. The van der Waals surface area contributed by atoms with Crippen molar-refractivity contribution in [3.8, 4) is 0 Å². The van der Waals surface area contributed by atoms with Crippen LogP contribution < -0.4 is 10.2 Å². The Morgan fingerprint density at radius 1 is 0.723 bits per heavy atom. The van der Waals surface area contributed by atoms with Crippen LogP contribution >= 0.6 is 7.82 Å². The van der Waals surface area contributed by atoms with E-state index in [2.05, 4.69) is 12.2 Å². The van der Waals surface area contributed by atoms with Gasteiger partial charge < -0.3 is 28.8 Å². The Morgan fingerprint density at radius 2 is 1.11 bits per heavy atom. The number of phosphoric ester groups is 1. The number of carbonyl (C=O) groups is 1. The molecule has 0 bridgehead atoms. The normalized spacial score (nSPS) is 14.8. The number of unbranched alkanes of at least 4 members (excludes halogenated alkanes) is 24. The van der Waals surface area contributed by atoms with E-state index >= 15 is 0 Å². The molecule has 2 N–H and O–H groups in total. The second kappa shape index (κ2) is 31.2. The molecule has 0 aliphatic carbocycles. The maximum atomic E-state index is 12.1. The molecule has 0 rings (SSSR count). The minimum Gasteiger partial charge on any atom is -0.756 e. The number of carbonyl (C=O) groups excluding carboxylic acids is 1. The lowest BCUT2D eigenvalue weighted by atomic mass is 10.0. The number of quaternary nitrogens is 1. The van der Waals surface area contributed by atoms with E-state index in [1.807, 2.05) is 27.2 Å². The van der Waals surface area contributed by atoms with E-state index in [0.29, 0.717) is 11.0 Å². The number of likely N-dealkylation sites (N-methyl/N-ethyl adjacent to an activating group) is 1. The number of nitrogens with one attached hydrogen (secondary N) is 1.